The van der Waals surface area contributed by atoms with Crippen molar-refractivity contribution in [2.75, 3.05) is 26.2 Å². The zero-order valence-corrected chi connectivity index (χ0v) is 13.3. The normalized spacial score (nSPS) is 21.1. The van der Waals surface area contributed by atoms with Crippen molar-refractivity contribution in [1.29, 1.82) is 0 Å². The monoisotopic (exact) mass is 291 g/mol. The van der Waals surface area contributed by atoms with E-state index in [1.165, 1.54) is 25.9 Å². The number of hydrogen-bond donors (Lipinski definition) is 0. The summed E-state index contributed by atoms with van der Waals surface area (Å²) >= 11 is 0. The summed E-state index contributed by atoms with van der Waals surface area (Å²) in [5.74, 6) is 1.38. The van der Waals surface area contributed by atoms with E-state index in [9.17, 15) is 4.79 Å². The summed E-state index contributed by atoms with van der Waals surface area (Å²) in [6.07, 6.45) is 8.98. The molecule has 0 aromatic carbocycles. The Kier molecular flexibility index (Phi) is 4.29. The van der Waals surface area contributed by atoms with E-state index in [1.54, 1.807) is 0 Å². The first kappa shape index (κ1) is 14.6. The third-order valence-corrected chi connectivity index (χ3v) is 5.18. The van der Waals surface area contributed by atoms with Gasteiger partial charge in [0, 0.05) is 26.1 Å². The first-order valence-electron chi connectivity index (χ1n) is 8.18. The molecule has 5 nitrogen and oxygen atoms in total. The van der Waals surface area contributed by atoms with Gasteiger partial charge in [0.05, 0.1) is 7.05 Å². The molecule has 0 atom stereocenters. The van der Waals surface area contributed by atoms with E-state index in [2.05, 4.69) is 4.90 Å². The van der Waals surface area contributed by atoms with Gasteiger partial charge < -0.3 is 9.80 Å². The van der Waals surface area contributed by atoms with Gasteiger partial charge in [0.2, 0.25) is 0 Å². The topological polar surface area (TPSA) is 32.4 Å². The molecular formula is C16H27N4O+. The van der Waals surface area contributed by atoms with Crippen LogP contribution in [0.5, 0.6) is 0 Å². The van der Waals surface area contributed by atoms with Gasteiger partial charge >= 0.3 is 0 Å². The molecule has 2 fully saturated rings. The molecule has 0 aliphatic carbocycles. The van der Waals surface area contributed by atoms with Crippen LogP contribution in [0.2, 0.25) is 0 Å². The van der Waals surface area contributed by atoms with Gasteiger partial charge in [-0.15, -0.1) is 0 Å². The molecule has 21 heavy (non-hydrogen) atoms. The summed E-state index contributed by atoms with van der Waals surface area (Å²) < 4.78 is 4.09. The smallest absolute Gasteiger partial charge is 0.264 e. The largest absolute Gasteiger partial charge is 0.339 e. The number of amides is 1. The van der Waals surface area contributed by atoms with Gasteiger partial charge in [-0.2, -0.15) is 0 Å². The van der Waals surface area contributed by atoms with Crippen molar-refractivity contribution in [2.24, 2.45) is 7.05 Å². The first-order chi connectivity index (χ1) is 10.1. The molecule has 0 bridgehead atoms. The highest BCUT2D eigenvalue weighted by Crippen LogP contribution is 2.21. The first-order valence-corrected chi connectivity index (χ1v) is 8.18. The van der Waals surface area contributed by atoms with Crippen molar-refractivity contribution in [1.82, 2.24) is 14.4 Å². The molecular weight excluding hydrogens is 264 g/mol. The van der Waals surface area contributed by atoms with Crippen molar-refractivity contribution in [3.05, 3.63) is 18.2 Å². The van der Waals surface area contributed by atoms with Crippen molar-refractivity contribution in [2.45, 2.75) is 45.2 Å². The lowest BCUT2D eigenvalue weighted by atomic mass is 10.0. The molecule has 1 amide bonds. The fourth-order valence-corrected chi connectivity index (χ4v) is 3.60. The number of nitrogens with zero attached hydrogens (tertiary/aromatic N) is 4. The molecule has 1 aromatic heterocycles. The Hall–Kier alpha value is -1.36. The Labute approximate surface area is 127 Å². The van der Waals surface area contributed by atoms with Gasteiger partial charge in [0.25, 0.3) is 11.7 Å². The number of piperidine rings is 1. The second kappa shape index (κ2) is 6.18. The SMILES string of the molecule is Cc1n(CC(=O)N2CCC(N3CCCC3)CC2)cc[n+]1C. The van der Waals surface area contributed by atoms with Crippen LogP contribution < -0.4 is 4.57 Å². The minimum atomic E-state index is 0.258. The Morgan fingerprint density at radius 3 is 2.48 bits per heavy atom. The van der Waals surface area contributed by atoms with E-state index in [-0.39, 0.29) is 5.91 Å². The number of aryl methyl sites for hydroxylation is 1. The zero-order valence-electron chi connectivity index (χ0n) is 13.3. The highest BCUT2D eigenvalue weighted by Gasteiger charge is 2.29. The van der Waals surface area contributed by atoms with Gasteiger partial charge in [-0.1, -0.05) is 0 Å². The molecule has 0 N–H and O–H groups in total. The van der Waals surface area contributed by atoms with Crippen LogP contribution in [0.1, 0.15) is 31.5 Å². The van der Waals surface area contributed by atoms with Gasteiger partial charge in [-0.25, -0.2) is 9.13 Å². The van der Waals surface area contributed by atoms with Crippen molar-refractivity contribution >= 4 is 5.91 Å². The minimum absolute atomic E-state index is 0.258. The maximum absolute atomic E-state index is 12.4. The standard InChI is InChI=1S/C16H27N4O/c1-14-17(2)11-12-20(14)13-16(21)19-9-5-15(6-10-19)18-7-3-4-8-18/h11-12,15H,3-10,13H2,1-2H3/q+1. The van der Waals surface area contributed by atoms with E-state index < -0.39 is 0 Å². The van der Waals surface area contributed by atoms with Crippen LogP contribution in [0.4, 0.5) is 0 Å². The second-order valence-corrected chi connectivity index (χ2v) is 6.44. The Morgan fingerprint density at radius 1 is 1.24 bits per heavy atom. The highest BCUT2D eigenvalue weighted by atomic mass is 16.2. The van der Waals surface area contributed by atoms with Crippen LogP contribution in [0.3, 0.4) is 0 Å². The lowest BCUT2D eigenvalue weighted by molar-refractivity contribution is -0.677. The van der Waals surface area contributed by atoms with E-state index >= 15 is 0 Å². The number of hydrogen-bond acceptors (Lipinski definition) is 2. The van der Waals surface area contributed by atoms with Crippen LogP contribution in [0.25, 0.3) is 0 Å². The third-order valence-electron chi connectivity index (χ3n) is 5.18. The molecule has 0 radical (unpaired) electrons. The van der Waals surface area contributed by atoms with Gasteiger partial charge in [0.15, 0.2) is 6.54 Å². The summed E-state index contributed by atoms with van der Waals surface area (Å²) in [4.78, 5) is 17.1. The van der Waals surface area contributed by atoms with Crippen molar-refractivity contribution in [3.8, 4) is 0 Å². The summed E-state index contributed by atoms with van der Waals surface area (Å²) in [6, 6.07) is 0.711. The fraction of sp³-hybridized carbons (Fsp3) is 0.750. The van der Waals surface area contributed by atoms with E-state index in [0.717, 1.165) is 31.8 Å². The summed E-state index contributed by atoms with van der Waals surface area (Å²) in [5.41, 5.74) is 0. The van der Waals surface area contributed by atoms with Gasteiger partial charge in [-0.05, 0) is 38.8 Å². The van der Waals surface area contributed by atoms with Gasteiger partial charge in [0.1, 0.15) is 12.4 Å². The van der Waals surface area contributed by atoms with Crippen LogP contribution in [-0.4, -0.2) is 52.5 Å². The number of imidazole rings is 1. The zero-order chi connectivity index (χ0) is 14.8. The van der Waals surface area contributed by atoms with Crippen LogP contribution in [0, 0.1) is 6.92 Å². The number of rotatable bonds is 3. The summed E-state index contributed by atoms with van der Waals surface area (Å²) in [6.45, 7) is 6.89. The molecule has 1 aromatic rings. The lowest BCUT2D eigenvalue weighted by Crippen LogP contribution is -2.46. The average molecular weight is 291 g/mol. The number of carbonyl (C=O) groups is 1. The molecule has 3 rings (SSSR count). The lowest BCUT2D eigenvalue weighted by Gasteiger charge is -2.36. The van der Waals surface area contributed by atoms with E-state index in [0.29, 0.717) is 12.6 Å². The molecule has 3 heterocycles. The molecule has 5 heteroatoms. The van der Waals surface area contributed by atoms with Crippen LogP contribution in [-0.2, 0) is 18.4 Å². The Morgan fingerprint density at radius 2 is 1.90 bits per heavy atom. The number of aromatic nitrogens is 2. The molecule has 2 aliphatic rings. The minimum Gasteiger partial charge on any atom is -0.339 e. The predicted octanol–water partition coefficient (Wildman–Crippen LogP) is 0.708. The predicted molar refractivity (Wildman–Crippen MR) is 80.8 cm³/mol. The molecule has 116 valence electrons. The second-order valence-electron chi connectivity index (χ2n) is 6.44. The molecule has 0 unspecified atom stereocenters. The number of carbonyl (C=O) groups excluding carboxylic acids is 1. The van der Waals surface area contributed by atoms with Crippen molar-refractivity contribution in [3.63, 3.8) is 0 Å². The molecule has 2 aliphatic heterocycles. The molecule has 0 spiro atoms. The van der Waals surface area contributed by atoms with Crippen LogP contribution in [0.15, 0.2) is 12.4 Å². The summed E-state index contributed by atoms with van der Waals surface area (Å²) in [7, 11) is 2.01. The third kappa shape index (κ3) is 3.12. The maximum atomic E-state index is 12.4. The van der Waals surface area contributed by atoms with E-state index in [1.807, 2.05) is 40.4 Å². The van der Waals surface area contributed by atoms with E-state index in [4.69, 9.17) is 0 Å². The summed E-state index contributed by atoms with van der Waals surface area (Å²) in [5, 5.41) is 0. The number of likely N-dealkylation sites (tertiary alicyclic amines) is 2. The molecule has 0 saturated carbocycles. The fourth-order valence-electron chi connectivity index (χ4n) is 3.60. The average Bonchev–Trinajstić information content (AvgIpc) is 3.13. The van der Waals surface area contributed by atoms with Crippen molar-refractivity contribution < 1.29 is 9.36 Å². The quantitative estimate of drug-likeness (QED) is 0.768. The Bertz CT molecular complexity index is 496. The maximum Gasteiger partial charge on any atom is 0.264 e. The van der Waals surface area contributed by atoms with Gasteiger partial charge in [-0.3, -0.25) is 4.79 Å². The van der Waals surface area contributed by atoms with Crippen LogP contribution >= 0.6 is 0 Å². The highest BCUT2D eigenvalue weighted by molar-refractivity contribution is 5.76. The Balaban J connectivity index is 1.51. The molecule has 2 saturated heterocycles.